The molecule has 0 spiro atoms. The zero-order valence-electron chi connectivity index (χ0n) is 12.3. The summed E-state index contributed by atoms with van der Waals surface area (Å²) in [5.74, 6) is 0. The van der Waals surface area contributed by atoms with Crippen molar-refractivity contribution in [2.45, 2.75) is 96.3 Å². The lowest BCUT2D eigenvalue weighted by molar-refractivity contribution is -0.0489. The third-order valence-corrected chi connectivity index (χ3v) is 3.69. The van der Waals surface area contributed by atoms with E-state index in [9.17, 15) is 5.11 Å². The van der Waals surface area contributed by atoms with Gasteiger partial charge in [-0.2, -0.15) is 0 Å². The summed E-state index contributed by atoms with van der Waals surface area (Å²) < 4.78 is 5.62. The summed E-state index contributed by atoms with van der Waals surface area (Å²) in [6.07, 6.45) is 10.1. The van der Waals surface area contributed by atoms with E-state index >= 15 is 0 Å². The zero-order chi connectivity index (χ0) is 13.8. The molecular formula is C15H31ClO2. The van der Waals surface area contributed by atoms with Gasteiger partial charge in [-0.3, -0.25) is 0 Å². The fraction of sp³-hybridized carbons (Fsp3) is 1.00. The molecule has 0 aromatic carbocycles. The molecule has 0 aromatic heterocycles. The molecule has 0 aliphatic rings. The van der Waals surface area contributed by atoms with E-state index < -0.39 is 6.10 Å². The first-order valence-electron chi connectivity index (χ1n) is 7.59. The van der Waals surface area contributed by atoms with Crippen LogP contribution in [-0.4, -0.2) is 22.9 Å². The summed E-state index contributed by atoms with van der Waals surface area (Å²) in [5, 5.41) is 9.65. The molecule has 0 aliphatic carbocycles. The molecule has 0 saturated heterocycles. The Morgan fingerprint density at radius 3 is 2.06 bits per heavy atom. The van der Waals surface area contributed by atoms with Crippen LogP contribution in [-0.2, 0) is 4.74 Å². The number of alkyl halides is 1. The van der Waals surface area contributed by atoms with Crippen molar-refractivity contribution in [3.05, 3.63) is 0 Å². The topological polar surface area (TPSA) is 29.5 Å². The van der Waals surface area contributed by atoms with Crippen LogP contribution in [0.3, 0.4) is 0 Å². The van der Waals surface area contributed by atoms with Crippen molar-refractivity contribution >= 4 is 11.6 Å². The number of aliphatic hydroxyl groups excluding tert-OH is 1. The van der Waals surface area contributed by atoms with E-state index in [2.05, 4.69) is 6.92 Å². The molecule has 110 valence electrons. The highest BCUT2D eigenvalue weighted by molar-refractivity contribution is 6.19. The number of hydrogen-bond acceptors (Lipinski definition) is 2. The van der Waals surface area contributed by atoms with Crippen LogP contribution in [0.5, 0.6) is 0 Å². The van der Waals surface area contributed by atoms with Gasteiger partial charge in [0, 0.05) is 0 Å². The predicted octanol–water partition coefficient (Wildman–Crippen LogP) is 4.87. The average Bonchev–Trinajstić information content (AvgIpc) is 2.35. The van der Waals surface area contributed by atoms with Gasteiger partial charge in [-0.15, -0.1) is 0 Å². The molecule has 3 heteroatoms. The van der Waals surface area contributed by atoms with E-state index in [1.165, 1.54) is 38.5 Å². The first kappa shape index (κ1) is 18.2. The maximum absolute atomic E-state index is 9.65. The summed E-state index contributed by atoms with van der Waals surface area (Å²) in [6.45, 7) is 6.01. The second-order valence-electron chi connectivity index (χ2n) is 5.14. The van der Waals surface area contributed by atoms with Gasteiger partial charge in [0.15, 0.2) is 0 Å². The number of hydrogen-bond donors (Lipinski definition) is 1. The van der Waals surface area contributed by atoms with Crippen LogP contribution >= 0.6 is 11.6 Å². The monoisotopic (exact) mass is 278 g/mol. The molecular weight excluding hydrogens is 248 g/mol. The molecule has 18 heavy (non-hydrogen) atoms. The molecule has 3 unspecified atom stereocenters. The molecule has 1 N–H and O–H groups in total. The van der Waals surface area contributed by atoms with Crippen molar-refractivity contribution in [3.8, 4) is 0 Å². The first-order valence-corrected chi connectivity index (χ1v) is 8.03. The quantitative estimate of drug-likeness (QED) is 0.408. The Balaban J connectivity index is 3.58. The molecule has 0 radical (unpaired) electrons. The number of halogens is 1. The van der Waals surface area contributed by atoms with Crippen molar-refractivity contribution in [2.24, 2.45) is 0 Å². The second kappa shape index (κ2) is 12.3. The molecule has 0 heterocycles. The van der Waals surface area contributed by atoms with Gasteiger partial charge in [0.2, 0.25) is 0 Å². The molecule has 0 bridgehead atoms. The highest BCUT2D eigenvalue weighted by Gasteiger charge is 2.18. The Hall–Kier alpha value is 0.210. The summed E-state index contributed by atoms with van der Waals surface area (Å²) in [5.41, 5.74) is -0.269. The standard InChI is InChI=1S/C15H31ClO2/c1-4-6-7-8-9-10-11-12-14(13(3)17)18-15(16)5-2/h13-15,17H,4-12H2,1-3H3. The molecule has 0 fully saturated rings. The van der Waals surface area contributed by atoms with Crippen molar-refractivity contribution in [2.75, 3.05) is 0 Å². The van der Waals surface area contributed by atoms with Crippen LogP contribution in [0.4, 0.5) is 0 Å². The first-order chi connectivity index (χ1) is 8.61. The lowest BCUT2D eigenvalue weighted by atomic mass is 10.0. The Kier molecular flexibility index (Phi) is 12.4. The van der Waals surface area contributed by atoms with Gasteiger partial charge in [0.1, 0.15) is 5.56 Å². The van der Waals surface area contributed by atoms with E-state index in [1.807, 2.05) is 6.92 Å². The lowest BCUT2D eigenvalue weighted by Gasteiger charge is -2.23. The summed E-state index contributed by atoms with van der Waals surface area (Å²) in [4.78, 5) is 0. The molecule has 0 rings (SSSR count). The Morgan fingerprint density at radius 2 is 1.56 bits per heavy atom. The maximum Gasteiger partial charge on any atom is 0.131 e. The number of rotatable bonds is 12. The summed E-state index contributed by atoms with van der Waals surface area (Å²) in [6, 6.07) is 0. The van der Waals surface area contributed by atoms with E-state index in [4.69, 9.17) is 16.3 Å². The average molecular weight is 279 g/mol. The minimum atomic E-state index is -0.433. The van der Waals surface area contributed by atoms with Crippen LogP contribution in [0, 0.1) is 0 Å². The fourth-order valence-electron chi connectivity index (χ4n) is 2.01. The molecule has 3 atom stereocenters. The highest BCUT2D eigenvalue weighted by Crippen LogP contribution is 2.17. The van der Waals surface area contributed by atoms with E-state index in [1.54, 1.807) is 6.92 Å². The van der Waals surface area contributed by atoms with Gasteiger partial charge in [-0.25, -0.2) is 0 Å². The predicted molar refractivity (Wildman–Crippen MR) is 79.1 cm³/mol. The van der Waals surface area contributed by atoms with Crippen LogP contribution < -0.4 is 0 Å². The fourth-order valence-corrected chi connectivity index (χ4v) is 2.14. The SMILES string of the molecule is CCCCCCCCCC(OC(Cl)CC)C(C)O. The summed E-state index contributed by atoms with van der Waals surface area (Å²) >= 11 is 5.97. The number of unbranched alkanes of at least 4 members (excludes halogenated alkanes) is 6. The molecule has 0 amide bonds. The third-order valence-electron chi connectivity index (χ3n) is 3.27. The summed E-state index contributed by atoms with van der Waals surface area (Å²) in [7, 11) is 0. The van der Waals surface area contributed by atoms with Crippen molar-refractivity contribution in [1.82, 2.24) is 0 Å². The normalized spacial score (nSPS) is 16.5. The van der Waals surface area contributed by atoms with Gasteiger partial charge < -0.3 is 9.84 Å². The van der Waals surface area contributed by atoms with Crippen molar-refractivity contribution in [3.63, 3.8) is 0 Å². The van der Waals surface area contributed by atoms with Crippen LogP contribution in [0.1, 0.15) is 78.6 Å². The van der Waals surface area contributed by atoms with Crippen LogP contribution in [0.15, 0.2) is 0 Å². The van der Waals surface area contributed by atoms with Crippen LogP contribution in [0.25, 0.3) is 0 Å². The minimum absolute atomic E-state index is 0.108. The highest BCUT2D eigenvalue weighted by atomic mass is 35.5. The van der Waals surface area contributed by atoms with E-state index in [-0.39, 0.29) is 11.7 Å². The zero-order valence-corrected chi connectivity index (χ0v) is 13.1. The van der Waals surface area contributed by atoms with E-state index in [0.29, 0.717) is 0 Å². The maximum atomic E-state index is 9.65. The molecule has 0 aromatic rings. The lowest BCUT2D eigenvalue weighted by Crippen LogP contribution is -2.29. The largest absolute Gasteiger partial charge is 0.391 e. The van der Waals surface area contributed by atoms with Gasteiger partial charge >= 0.3 is 0 Å². The Morgan fingerprint density at radius 1 is 1.00 bits per heavy atom. The number of ether oxygens (including phenoxy) is 1. The van der Waals surface area contributed by atoms with Gasteiger partial charge in [-0.05, 0) is 19.8 Å². The van der Waals surface area contributed by atoms with Gasteiger partial charge in [0.05, 0.1) is 12.2 Å². The molecule has 0 aliphatic heterocycles. The molecule has 2 nitrogen and oxygen atoms in total. The van der Waals surface area contributed by atoms with Crippen molar-refractivity contribution in [1.29, 1.82) is 0 Å². The second-order valence-corrected chi connectivity index (χ2v) is 5.63. The van der Waals surface area contributed by atoms with Crippen molar-refractivity contribution < 1.29 is 9.84 Å². The van der Waals surface area contributed by atoms with Gasteiger partial charge in [0.25, 0.3) is 0 Å². The molecule has 0 saturated carbocycles. The Bertz CT molecular complexity index is 174. The van der Waals surface area contributed by atoms with Gasteiger partial charge in [-0.1, -0.05) is 70.4 Å². The third kappa shape index (κ3) is 10.2. The number of aliphatic hydroxyl groups is 1. The minimum Gasteiger partial charge on any atom is -0.391 e. The van der Waals surface area contributed by atoms with Crippen LogP contribution in [0.2, 0.25) is 0 Å². The smallest absolute Gasteiger partial charge is 0.131 e. The van der Waals surface area contributed by atoms with E-state index in [0.717, 1.165) is 19.3 Å². The Labute approximate surface area is 118 Å².